The van der Waals surface area contributed by atoms with Gasteiger partial charge in [-0.25, -0.2) is 0 Å². The van der Waals surface area contributed by atoms with E-state index in [1.807, 2.05) is 0 Å². The summed E-state index contributed by atoms with van der Waals surface area (Å²) in [4.78, 5) is 14.5. The monoisotopic (exact) mass is 337 g/mol. The number of hydrogen-bond donors (Lipinski definition) is 2. The van der Waals surface area contributed by atoms with Crippen LogP contribution in [0, 0.1) is 5.92 Å². The Morgan fingerprint density at radius 3 is 2.61 bits per heavy atom. The van der Waals surface area contributed by atoms with E-state index >= 15 is 0 Å². The van der Waals surface area contributed by atoms with Crippen LogP contribution in [-0.4, -0.2) is 37.0 Å². The highest BCUT2D eigenvalue weighted by molar-refractivity contribution is 5.85. The van der Waals surface area contributed by atoms with Gasteiger partial charge < -0.3 is 11.1 Å². The second-order valence-corrected chi connectivity index (χ2v) is 6.67. The van der Waals surface area contributed by atoms with Gasteiger partial charge in [-0.1, -0.05) is 24.3 Å². The van der Waals surface area contributed by atoms with Gasteiger partial charge in [0.25, 0.3) is 0 Å². The maximum absolute atomic E-state index is 12.1. The largest absolute Gasteiger partial charge is 0.355 e. The lowest BCUT2D eigenvalue weighted by atomic mass is 9.96. The fourth-order valence-electron chi connectivity index (χ4n) is 3.32. The lowest BCUT2D eigenvalue weighted by Crippen LogP contribution is -2.43. The van der Waals surface area contributed by atoms with Crippen molar-refractivity contribution in [2.75, 3.05) is 26.2 Å². The Bertz CT molecular complexity index is 501. The normalized spacial score (nSPS) is 21.5. The predicted molar refractivity (Wildman–Crippen MR) is 95.7 cm³/mol. The quantitative estimate of drug-likeness (QED) is 0.837. The van der Waals surface area contributed by atoms with E-state index in [0.717, 1.165) is 38.4 Å². The van der Waals surface area contributed by atoms with E-state index in [1.165, 1.54) is 24.0 Å². The van der Waals surface area contributed by atoms with Crippen molar-refractivity contribution in [2.24, 2.45) is 11.7 Å². The Balaban J connectivity index is 0.00000192. The van der Waals surface area contributed by atoms with Crippen molar-refractivity contribution in [2.45, 2.75) is 38.1 Å². The van der Waals surface area contributed by atoms with Crippen molar-refractivity contribution in [3.05, 3.63) is 35.4 Å². The van der Waals surface area contributed by atoms with Gasteiger partial charge in [-0.2, -0.15) is 0 Å². The van der Waals surface area contributed by atoms with Crippen LogP contribution >= 0.6 is 12.4 Å². The molecule has 1 aliphatic carbocycles. The molecule has 1 unspecified atom stereocenters. The summed E-state index contributed by atoms with van der Waals surface area (Å²) in [6.45, 7) is 3.99. The van der Waals surface area contributed by atoms with Gasteiger partial charge in [0.05, 0.1) is 5.92 Å². The summed E-state index contributed by atoms with van der Waals surface area (Å²) in [5, 5.41) is 2.92. The number of piperidine rings is 1. The lowest BCUT2D eigenvalue weighted by molar-refractivity contribution is -0.126. The zero-order valence-corrected chi connectivity index (χ0v) is 14.5. The highest BCUT2D eigenvalue weighted by Gasteiger charge is 2.26. The van der Waals surface area contributed by atoms with E-state index < -0.39 is 0 Å². The molecule has 3 N–H and O–H groups in total. The molecule has 1 aliphatic heterocycles. The molecule has 23 heavy (non-hydrogen) atoms. The number of amides is 1. The highest BCUT2D eigenvalue weighted by atomic mass is 35.5. The molecule has 1 aromatic carbocycles. The standard InChI is InChI=1S/C18H27N3O.ClH/c19-9-10-20-18(22)17-2-1-11-21(13-17)12-14-3-5-15(6-4-14)16-7-8-16;/h3-6,16-17H,1-2,7-13,19H2,(H,20,22);1H. The van der Waals surface area contributed by atoms with Crippen molar-refractivity contribution in [1.29, 1.82) is 0 Å². The lowest BCUT2D eigenvalue weighted by Gasteiger charge is -2.32. The number of carbonyl (C=O) groups is 1. The van der Waals surface area contributed by atoms with Crippen molar-refractivity contribution >= 4 is 18.3 Å². The van der Waals surface area contributed by atoms with Gasteiger partial charge in [-0.05, 0) is 49.3 Å². The highest BCUT2D eigenvalue weighted by Crippen LogP contribution is 2.39. The molecule has 2 aliphatic rings. The van der Waals surface area contributed by atoms with Crippen LogP contribution < -0.4 is 11.1 Å². The average molecular weight is 338 g/mol. The van der Waals surface area contributed by atoms with E-state index in [4.69, 9.17) is 5.73 Å². The number of likely N-dealkylation sites (tertiary alicyclic amines) is 1. The summed E-state index contributed by atoms with van der Waals surface area (Å²) in [5.74, 6) is 1.10. The first-order valence-electron chi connectivity index (χ1n) is 8.55. The number of hydrogen-bond acceptors (Lipinski definition) is 3. The maximum Gasteiger partial charge on any atom is 0.224 e. The molecule has 3 rings (SSSR count). The van der Waals surface area contributed by atoms with Gasteiger partial charge in [0.1, 0.15) is 0 Å². The SMILES string of the molecule is Cl.NCCNC(=O)C1CCCN(Cc2ccc(C3CC3)cc2)C1. The maximum atomic E-state index is 12.1. The molecular weight excluding hydrogens is 310 g/mol. The molecule has 0 bridgehead atoms. The summed E-state index contributed by atoms with van der Waals surface area (Å²) < 4.78 is 0. The predicted octanol–water partition coefficient (Wildman–Crippen LogP) is 2.27. The Hall–Kier alpha value is -1.10. The van der Waals surface area contributed by atoms with Crippen LogP contribution in [0.5, 0.6) is 0 Å². The Kier molecular flexibility index (Phi) is 6.88. The fourth-order valence-corrected chi connectivity index (χ4v) is 3.32. The van der Waals surface area contributed by atoms with Crippen LogP contribution in [0.2, 0.25) is 0 Å². The third-order valence-corrected chi connectivity index (χ3v) is 4.75. The van der Waals surface area contributed by atoms with Gasteiger partial charge in [0, 0.05) is 26.2 Å². The molecule has 0 spiro atoms. The molecule has 0 radical (unpaired) electrons. The first kappa shape index (κ1) is 18.2. The van der Waals surface area contributed by atoms with Crippen LogP contribution in [0.1, 0.15) is 42.7 Å². The number of carbonyl (C=O) groups excluding carboxylic acids is 1. The van der Waals surface area contributed by atoms with Crippen molar-refractivity contribution < 1.29 is 4.79 Å². The van der Waals surface area contributed by atoms with Crippen LogP contribution in [0.4, 0.5) is 0 Å². The summed E-state index contributed by atoms with van der Waals surface area (Å²) in [7, 11) is 0. The number of benzene rings is 1. The molecule has 0 aromatic heterocycles. The van der Waals surface area contributed by atoms with Gasteiger partial charge in [0.2, 0.25) is 5.91 Å². The molecule has 1 aromatic rings. The number of nitrogens with zero attached hydrogens (tertiary/aromatic N) is 1. The molecule has 1 saturated heterocycles. The fraction of sp³-hybridized carbons (Fsp3) is 0.611. The number of nitrogens with one attached hydrogen (secondary N) is 1. The van der Waals surface area contributed by atoms with Gasteiger partial charge in [-0.15, -0.1) is 12.4 Å². The van der Waals surface area contributed by atoms with E-state index in [9.17, 15) is 4.79 Å². The second-order valence-electron chi connectivity index (χ2n) is 6.67. The number of halogens is 1. The first-order chi connectivity index (χ1) is 10.8. The van der Waals surface area contributed by atoms with E-state index in [-0.39, 0.29) is 24.2 Å². The third-order valence-electron chi connectivity index (χ3n) is 4.75. The minimum absolute atomic E-state index is 0. The minimum atomic E-state index is 0. The molecule has 128 valence electrons. The van der Waals surface area contributed by atoms with E-state index in [2.05, 4.69) is 34.5 Å². The number of rotatable bonds is 6. The minimum Gasteiger partial charge on any atom is -0.355 e. The van der Waals surface area contributed by atoms with Crippen molar-refractivity contribution in [3.8, 4) is 0 Å². The van der Waals surface area contributed by atoms with Crippen LogP contribution in [0.25, 0.3) is 0 Å². The molecule has 1 heterocycles. The molecule has 1 atom stereocenters. The molecule has 1 amide bonds. The molecule has 1 saturated carbocycles. The summed E-state index contributed by atoms with van der Waals surface area (Å²) in [5.41, 5.74) is 8.29. The average Bonchev–Trinajstić information content (AvgIpc) is 3.38. The Morgan fingerprint density at radius 1 is 1.22 bits per heavy atom. The van der Waals surface area contributed by atoms with Crippen molar-refractivity contribution in [3.63, 3.8) is 0 Å². The first-order valence-corrected chi connectivity index (χ1v) is 8.55. The number of nitrogens with two attached hydrogens (primary N) is 1. The van der Waals surface area contributed by atoms with Crippen LogP contribution in [0.15, 0.2) is 24.3 Å². The van der Waals surface area contributed by atoms with Crippen LogP contribution in [0.3, 0.4) is 0 Å². The summed E-state index contributed by atoms with van der Waals surface area (Å²) >= 11 is 0. The molecular formula is C18H28ClN3O. The Labute approximate surface area is 145 Å². The topological polar surface area (TPSA) is 58.4 Å². The second kappa shape index (κ2) is 8.67. The van der Waals surface area contributed by atoms with E-state index in [1.54, 1.807) is 0 Å². The molecule has 4 nitrogen and oxygen atoms in total. The third kappa shape index (κ3) is 5.20. The van der Waals surface area contributed by atoms with Gasteiger partial charge in [-0.3, -0.25) is 9.69 Å². The summed E-state index contributed by atoms with van der Waals surface area (Å²) in [6, 6.07) is 9.07. The molecule has 2 fully saturated rings. The van der Waals surface area contributed by atoms with E-state index in [0.29, 0.717) is 13.1 Å². The van der Waals surface area contributed by atoms with Crippen LogP contribution in [-0.2, 0) is 11.3 Å². The smallest absolute Gasteiger partial charge is 0.224 e. The zero-order valence-electron chi connectivity index (χ0n) is 13.7. The molecule has 5 heteroatoms. The summed E-state index contributed by atoms with van der Waals surface area (Å²) in [6.07, 6.45) is 4.80. The Morgan fingerprint density at radius 2 is 1.96 bits per heavy atom. The zero-order chi connectivity index (χ0) is 15.4. The van der Waals surface area contributed by atoms with Gasteiger partial charge in [0.15, 0.2) is 0 Å². The van der Waals surface area contributed by atoms with Gasteiger partial charge >= 0.3 is 0 Å². The van der Waals surface area contributed by atoms with Crippen molar-refractivity contribution in [1.82, 2.24) is 10.2 Å².